The van der Waals surface area contributed by atoms with E-state index in [1.54, 1.807) is 0 Å². The fraction of sp³-hybridized carbons (Fsp3) is 0.174. The maximum absolute atomic E-state index is 14.4. The van der Waals surface area contributed by atoms with E-state index in [0.29, 0.717) is 11.4 Å². The number of fused-ring (bicyclic) bond motifs is 1. The van der Waals surface area contributed by atoms with Crippen LogP contribution in [0.25, 0.3) is 28.2 Å². The third-order valence-electron chi connectivity index (χ3n) is 5.67. The molecule has 2 aromatic carbocycles. The second-order valence-electron chi connectivity index (χ2n) is 7.46. The zero-order valence-electron chi connectivity index (χ0n) is 15.2. The van der Waals surface area contributed by atoms with E-state index in [-0.39, 0.29) is 11.2 Å². The lowest BCUT2D eigenvalue weighted by molar-refractivity contribution is 0.253. The van der Waals surface area contributed by atoms with Gasteiger partial charge >= 0.3 is 0 Å². The molecular weight excluding hydrogens is 356 g/mol. The fourth-order valence-electron chi connectivity index (χ4n) is 3.95. The summed E-state index contributed by atoms with van der Waals surface area (Å²) in [6.45, 7) is 0. The molecule has 0 saturated heterocycles. The van der Waals surface area contributed by atoms with Gasteiger partial charge in [-0.15, -0.1) is 0 Å². The first-order valence-corrected chi connectivity index (χ1v) is 9.37. The molecule has 4 aromatic rings. The molecule has 140 valence electrons. The van der Waals surface area contributed by atoms with Crippen LogP contribution in [0.5, 0.6) is 0 Å². The molecule has 0 atom stereocenters. The molecule has 0 bridgehead atoms. The molecule has 3 nitrogen and oxygen atoms in total. The van der Waals surface area contributed by atoms with Gasteiger partial charge in [-0.2, -0.15) is 0 Å². The molecule has 2 aromatic heterocycles. The average molecular weight is 375 g/mol. The van der Waals surface area contributed by atoms with Gasteiger partial charge in [0.1, 0.15) is 5.82 Å². The predicted molar refractivity (Wildman–Crippen MR) is 106 cm³/mol. The zero-order valence-corrected chi connectivity index (χ0v) is 15.2. The molecule has 0 aliphatic heterocycles. The summed E-state index contributed by atoms with van der Waals surface area (Å²) < 4.78 is 29.8. The summed E-state index contributed by atoms with van der Waals surface area (Å²) in [4.78, 5) is 4.52. The smallest absolute Gasteiger partial charge is 0.174 e. The van der Waals surface area contributed by atoms with Gasteiger partial charge in [-0.05, 0) is 24.8 Å². The maximum atomic E-state index is 14.4. The molecule has 5 rings (SSSR count). The van der Waals surface area contributed by atoms with Gasteiger partial charge in [0, 0.05) is 28.9 Å². The zero-order chi connectivity index (χ0) is 19.3. The molecule has 0 spiro atoms. The number of pyridine rings is 1. The topological polar surface area (TPSA) is 43.3 Å². The Bertz CT molecular complexity index is 1160. The van der Waals surface area contributed by atoms with E-state index in [1.165, 1.54) is 10.6 Å². The minimum absolute atomic E-state index is 0.105. The summed E-state index contributed by atoms with van der Waals surface area (Å²) in [5.74, 6) is -1.33. The molecule has 28 heavy (non-hydrogen) atoms. The van der Waals surface area contributed by atoms with Crippen LogP contribution < -0.4 is 5.73 Å². The lowest BCUT2D eigenvalue weighted by Crippen LogP contribution is -2.43. The van der Waals surface area contributed by atoms with Crippen LogP contribution in [-0.2, 0) is 5.54 Å². The van der Waals surface area contributed by atoms with Crippen LogP contribution in [0.4, 0.5) is 8.78 Å². The molecular formula is C23H19F2N3. The highest BCUT2D eigenvalue weighted by Gasteiger charge is 2.34. The number of rotatable bonds is 3. The van der Waals surface area contributed by atoms with Crippen molar-refractivity contribution in [3.05, 3.63) is 84.1 Å². The minimum atomic E-state index is -0.685. The van der Waals surface area contributed by atoms with E-state index in [9.17, 15) is 8.78 Å². The van der Waals surface area contributed by atoms with Crippen molar-refractivity contribution in [3.63, 3.8) is 0 Å². The molecule has 0 unspecified atom stereocenters. The number of hydrogen-bond acceptors (Lipinski definition) is 2. The summed E-state index contributed by atoms with van der Waals surface area (Å²) >= 11 is 0. The van der Waals surface area contributed by atoms with Crippen LogP contribution in [0.3, 0.4) is 0 Å². The fourth-order valence-corrected chi connectivity index (χ4v) is 3.95. The van der Waals surface area contributed by atoms with Crippen LogP contribution in [0.1, 0.15) is 24.8 Å². The first-order valence-electron chi connectivity index (χ1n) is 9.37. The van der Waals surface area contributed by atoms with Crippen molar-refractivity contribution < 1.29 is 8.78 Å². The van der Waals surface area contributed by atoms with Crippen molar-refractivity contribution in [3.8, 4) is 22.5 Å². The lowest BCUT2D eigenvalue weighted by Gasteiger charge is -2.38. The van der Waals surface area contributed by atoms with Crippen LogP contribution >= 0.6 is 0 Å². The Balaban J connectivity index is 1.72. The largest absolute Gasteiger partial charge is 0.321 e. The number of benzene rings is 2. The van der Waals surface area contributed by atoms with Crippen LogP contribution in [-0.4, -0.2) is 9.38 Å². The molecule has 1 fully saturated rings. The summed E-state index contributed by atoms with van der Waals surface area (Å²) in [6.07, 6.45) is 4.39. The summed E-state index contributed by atoms with van der Waals surface area (Å²) in [7, 11) is 0. The highest BCUT2D eigenvalue weighted by molar-refractivity contribution is 5.82. The van der Waals surface area contributed by atoms with E-state index >= 15 is 0 Å². The highest BCUT2D eigenvalue weighted by atomic mass is 19.1. The second kappa shape index (κ2) is 6.24. The van der Waals surface area contributed by atoms with Crippen molar-refractivity contribution in [1.82, 2.24) is 9.38 Å². The van der Waals surface area contributed by atoms with Gasteiger partial charge in [0.15, 0.2) is 11.5 Å². The van der Waals surface area contributed by atoms with Gasteiger partial charge in [-0.3, -0.25) is 4.40 Å². The normalized spacial score (nSPS) is 15.5. The Morgan fingerprint density at radius 1 is 0.929 bits per heavy atom. The van der Waals surface area contributed by atoms with Gasteiger partial charge in [-0.25, -0.2) is 13.8 Å². The van der Waals surface area contributed by atoms with Gasteiger partial charge in [-0.1, -0.05) is 54.6 Å². The Labute approximate surface area is 161 Å². The number of nitrogens with two attached hydrogens (primary N) is 1. The number of hydrogen-bond donors (Lipinski definition) is 1. The SMILES string of the molecule is NC1(c2ccc(-c3nc4c(F)cc(F)cn4c3-c3ccccc3)cc2)CCC1. The quantitative estimate of drug-likeness (QED) is 0.529. The van der Waals surface area contributed by atoms with E-state index in [4.69, 9.17) is 5.73 Å². The average Bonchev–Trinajstić information content (AvgIpc) is 3.06. The van der Waals surface area contributed by atoms with E-state index < -0.39 is 11.6 Å². The van der Waals surface area contributed by atoms with Gasteiger partial charge in [0.25, 0.3) is 0 Å². The van der Waals surface area contributed by atoms with Crippen molar-refractivity contribution in [2.75, 3.05) is 0 Å². The summed E-state index contributed by atoms with van der Waals surface area (Å²) in [6, 6.07) is 18.3. The number of aromatic nitrogens is 2. The standard InChI is InChI=1S/C23H19F2N3/c24-18-13-19(25)22-27-20(21(28(22)14-18)16-5-2-1-3-6-16)15-7-9-17(10-8-15)23(26)11-4-12-23/h1-3,5-10,13-14H,4,11-12,26H2. The van der Waals surface area contributed by atoms with E-state index in [2.05, 4.69) is 4.98 Å². The Morgan fingerprint density at radius 2 is 1.64 bits per heavy atom. The molecule has 0 amide bonds. The van der Waals surface area contributed by atoms with Crippen molar-refractivity contribution in [1.29, 1.82) is 0 Å². The Morgan fingerprint density at radius 3 is 2.29 bits per heavy atom. The van der Waals surface area contributed by atoms with E-state index in [0.717, 1.165) is 42.0 Å². The van der Waals surface area contributed by atoms with Crippen LogP contribution in [0.15, 0.2) is 66.9 Å². The molecule has 2 N–H and O–H groups in total. The molecule has 1 aliphatic rings. The lowest BCUT2D eigenvalue weighted by atomic mass is 9.72. The monoisotopic (exact) mass is 375 g/mol. The number of imidazole rings is 1. The summed E-state index contributed by atoms with van der Waals surface area (Å²) in [5.41, 5.74) is 10.3. The van der Waals surface area contributed by atoms with E-state index in [1.807, 2.05) is 54.6 Å². The molecule has 0 radical (unpaired) electrons. The third kappa shape index (κ3) is 2.62. The number of nitrogens with zero attached hydrogens (tertiary/aromatic N) is 2. The molecule has 1 saturated carbocycles. The first-order chi connectivity index (χ1) is 13.5. The van der Waals surface area contributed by atoms with Crippen molar-refractivity contribution in [2.24, 2.45) is 5.73 Å². The van der Waals surface area contributed by atoms with Crippen LogP contribution in [0, 0.1) is 11.6 Å². The molecule has 5 heteroatoms. The predicted octanol–water partition coefficient (Wildman–Crippen LogP) is 5.28. The second-order valence-corrected chi connectivity index (χ2v) is 7.46. The molecule has 2 heterocycles. The van der Waals surface area contributed by atoms with Gasteiger partial charge in [0.2, 0.25) is 0 Å². The Hall–Kier alpha value is -3.05. The Kier molecular flexibility index (Phi) is 3.81. The van der Waals surface area contributed by atoms with Crippen molar-refractivity contribution >= 4 is 5.65 Å². The number of halogens is 2. The maximum Gasteiger partial charge on any atom is 0.174 e. The first kappa shape index (κ1) is 17.1. The third-order valence-corrected chi connectivity index (χ3v) is 5.67. The minimum Gasteiger partial charge on any atom is -0.321 e. The van der Waals surface area contributed by atoms with Gasteiger partial charge in [0.05, 0.1) is 11.4 Å². The highest BCUT2D eigenvalue weighted by Crippen LogP contribution is 2.40. The molecule has 1 aliphatic carbocycles. The van der Waals surface area contributed by atoms with Crippen LogP contribution in [0.2, 0.25) is 0 Å². The van der Waals surface area contributed by atoms with Gasteiger partial charge < -0.3 is 5.73 Å². The summed E-state index contributed by atoms with van der Waals surface area (Å²) in [5, 5.41) is 0. The van der Waals surface area contributed by atoms with Crippen molar-refractivity contribution in [2.45, 2.75) is 24.8 Å².